The Labute approximate surface area is 461 Å². The minimum Gasteiger partial charge on any atom is -0.462 e. The number of unbranched alkanes of at least 4 members (excludes halogenated alkanes) is 44. The van der Waals surface area contributed by atoms with Crippen LogP contribution in [0.2, 0.25) is 0 Å². The van der Waals surface area contributed by atoms with Gasteiger partial charge in [0.05, 0.1) is 0 Å². The third-order valence-electron chi connectivity index (χ3n) is 14.9. The molecule has 1 unspecified atom stereocenters. The van der Waals surface area contributed by atoms with Crippen molar-refractivity contribution >= 4 is 17.9 Å². The van der Waals surface area contributed by atoms with Gasteiger partial charge in [-0.15, -0.1) is 0 Å². The molecule has 0 fully saturated rings. The number of esters is 3. The molecule has 1 atom stereocenters. The zero-order valence-electron chi connectivity index (χ0n) is 49.9. The lowest BCUT2D eigenvalue weighted by molar-refractivity contribution is -0.167. The first kappa shape index (κ1) is 71.6. The standard InChI is InChI=1S/C68H126O6/c1-4-7-10-13-16-19-22-25-27-29-30-31-32-33-34-35-36-37-38-39-41-43-46-49-52-55-58-61-67(70)73-64-65(63-72-66(69)60-57-54-51-48-45-42-24-21-18-15-12-9-6-3)74-68(71)62-59-56-53-50-47-44-40-28-26-23-20-17-14-11-8-5-2/h20-21,23-24,28,40,65H,4-19,22,25-27,29-39,41-64H2,1-3H3/b23-20-,24-21-,40-28-. The first-order valence-electron chi connectivity index (χ1n) is 33.0. The molecule has 0 aromatic carbocycles. The fourth-order valence-electron chi connectivity index (χ4n) is 9.88. The van der Waals surface area contributed by atoms with E-state index in [0.29, 0.717) is 19.3 Å². The summed E-state index contributed by atoms with van der Waals surface area (Å²) < 4.78 is 16.9. The van der Waals surface area contributed by atoms with Gasteiger partial charge in [-0.1, -0.05) is 301 Å². The van der Waals surface area contributed by atoms with Gasteiger partial charge in [0.1, 0.15) is 13.2 Å². The largest absolute Gasteiger partial charge is 0.462 e. The topological polar surface area (TPSA) is 78.9 Å². The van der Waals surface area contributed by atoms with Crippen LogP contribution < -0.4 is 0 Å². The van der Waals surface area contributed by atoms with Crippen LogP contribution in [0.3, 0.4) is 0 Å². The van der Waals surface area contributed by atoms with E-state index in [1.807, 2.05) is 0 Å². The van der Waals surface area contributed by atoms with Gasteiger partial charge in [-0.05, 0) is 77.0 Å². The Balaban J connectivity index is 4.20. The molecule has 0 aliphatic heterocycles. The lowest BCUT2D eigenvalue weighted by Crippen LogP contribution is -2.30. The molecule has 0 aliphatic carbocycles. The molecule has 0 aromatic heterocycles. The van der Waals surface area contributed by atoms with E-state index in [-0.39, 0.29) is 31.1 Å². The Morgan fingerprint density at radius 3 is 0.770 bits per heavy atom. The molecule has 0 radical (unpaired) electrons. The van der Waals surface area contributed by atoms with Crippen LogP contribution in [0.25, 0.3) is 0 Å². The molecule has 6 nitrogen and oxygen atoms in total. The highest BCUT2D eigenvalue weighted by Gasteiger charge is 2.19. The molecule has 0 N–H and O–H groups in total. The van der Waals surface area contributed by atoms with E-state index in [2.05, 4.69) is 57.2 Å². The zero-order valence-corrected chi connectivity index (χ0v) is 49.9. The minimum absolute atomic E-state index is 0.0766. The van der Waals surface area contributed by atoms with Gasteiger partial charge >= 0.3 is 17.9 Å². The van der Waals surface area contributed by atoms with Crippen molar-refractivity contribution in [2.24, 2.45) is 0 Å². The molecule has 0 aromatic rings. The lowest BCUT2D eigenvalue weighted by atomic mass is 10.0. The summed E-state index contributed by atoms with van der Waals surface area (Å²) in [5, 5.41) is 0. The monoisotopic (exact) mass is 1040 g/mol. The van der Waals surface area contributed by atoms with Gasteiger partial charge in [0.25, 0.3) is 0 Å². The molecule has 0 heterocycles. The van der Waals surface area contributed by atoms with Crippen LogP contribution in [-0.4, -0.2) is 37.2 Å². The third kappa shape index (κ3) is 60.5. The summed E-state index contributed by atoms with van der Waals surface area (Å²) in [6.45, 7) is 6.65. The van der Waals surface area contributed by atoms with Gasteiger partial charge in [0.15, 0.2) is 6.10 Å². The number of carbonyl (C=O) groups excluding carboxylic acids is 3. The summed E-state index contributed by atoms with van der Waals surface area (Å²) in [6.07, 6.45) is 77.4. The quantitative estimate of drug-likeness (QED) is 0.0261. The Morgan fingerprint density at radius 2 is 0.486 bits per heavy atom. The van der Waals surface area contributed by atoms with E-state index < -0.39 is 6.10 Å². The van der Waals surface area contributed by atoms with Crippen LogP contribution >= 0.6 is 0 Å². The number of hydrogen-bond donors (Lipinski definition) is 0. The second-order valence-corrected chi connectivity index (χ2v) is 22.4. The highest BCUT2D eigenvalue weighted by atomic mass is 16.6. The highest BCUT2D eigenvalue weighted by molar-refractivity contribution is 5.71. The first-order chi connectivity index (χ1) is 36.5. The molecule has 0 saturated heterocycles. The van der Waals surface area contributed by atoms with Crippen LogP contribution in [0.4, 0.5) is 0 Å². The second kappa shape index (κ2) is 63.2. The molecule has 74 heavy (non-hydrogen) atoms. The van der Waals surface area contributed by atoms with E-state index in [9.17, 15) is 14.4 Å². The normalized spacial score (nSPS) is 12.2. The Morgan fingerprint density at radius 1 is 0.270 bits per heavy atom. The maximum absolute atomic E-state index is 12.9. The van der Waals surface area contributed by atoms with Crippen LogP contribution in [0.15, 0.2) is 36.5 Å². The molecule has 0 bridgehead atoms. The lowest BCUT2D eigenvalue weighted by Gasteiger charge is -2.18. The smallest absolute Gasteiger partial charge is 0.306 e. The Kier molecular flexibility index (Phi) is 61.1. The Hall–Kier alpha value is -2.37. The van der Waals surface area contributed by atoms with Crippen molar-refractivity contribution in [1.29, 1.82) is 0 Å². The van der Waals surface area contributed by atoms with Crippen molar-refractivity contribution in [2.45, 2.75) is 367 Å². The maximum Gasteiger partial charge on any atom is 0.306 e. The minimum atomic E-state index is -0.781. The molecule has 6 heteroatoms. The van der Waals surface area contributed by atoms with Gasteiger partial charge in [-0.25, -0.2) is 0 Å². The third-order valence-corrected chi connectivity index (χ3v) is 14.9. The van der Waals surface area contributed by atoms with Crippen LogP contribution in [-0.2, 0) is 28.6 Å². The molecule has 0 spiro atoms. The molecular weight excluding hydrogens is 913 g/mol. The second-order valence-electron chi connectivity index (χ2n) is 22.4. The summed E-state index contributed by atoms with van der Waals surface area (Å²) in [4.78, 5) is 38.3. The first-order valence-corrected chi connectivity index (χ1v) is 33.0. The van der Waals surface area contributed by atoms with Crippen LogP contribution in [0.5, 0.6) is 0 Å². The van der Waals surface area contributed by atoms with E-state index in [0.717, 1.165) is 89.9 Å². The number of carbonyl (C=O) groups is 3. The molecule has 0 rings (SSSR count). The van der Waals surface area contributed by atoms with E-state index in [1.54, 1.807) is 0 Å². The summed E-state index contributed by atoms with van der Waals surface area (Å²) >= 11 is 0. The van der Waals surface area contributed by atoms with Gasteiger partial charge in [0.2, 0.25) is 0 Å². The van der Waals surface area contributed by atoms with Crippen molar-refractivity contribution in [3.05, 3.63) is 36.5 Å². The SMILES string of the molecule is CCCCCC/C=C\C/C=C\CCCCCCCC(=O)OC(COC(=O)CCCCCCC/C=C\CCCCCC)COC(=O)CCCCCCCCCCCCCCCCCCCCCCCCCCCCC. The average molecular weight is 1040 g/mol. The van der Waals surface area contributed by atoms with Crippen molar-refractivity contribution < 1.29 is 28.6 Å². The van der Waals surface area contributed by atoms with Gasteiger partial charge in [0, 0.05) is 19.3 Å². The maximum atomic E-state index is 12.9. The summed E-state index contributed by atoms with van der Waals surface area (Å²) in [5.74, 6) is -0.878. The van der Waals surface area contributed by atoms with Gasteiger partial charge in [-0.3, -0.25) is 14.4 Å². The van der Waals surface area contributed by atoms with Gasteiger partial charge in [-0.2, -0.15) is 0 Å². The van der Waals surface area contributed by atoms with Crippen molar-refractivity contribution in [3.8, 4) is 0 Å². The highest BCUT2D eigenvalue weighted by Crippen LogP contribution is 2.18. The summed E-state index contributed by atoms with van der Waals surface area (Å²) in [5.41, 5.74) is 0. The summed E-state index contributed by atoms with van der Waals surface area (Å²) in [7, 11) is 0. The fourth-order valence-corrected chi connectivity index (χ4v) is 9.88. The molecule has 434 valence electrons. The van der Waals surface area contributed by atoms with Crippen molar-refractivity contribution in [3.63, 3.8) is 0 Å². The number of allylic oxidation sites excluding steroid dienone is 6. The molecule has 0 amide bonds. The number of rotatable bonds is 61. The van der Waals surface area contributed by atoms with Crippen molar-refractivity contribution in [1.82, 2.24) is 0 Å². The van der Waals surface area contributed by atoms with Crippen molar-refractivity contribution in [2.75, 3.05) is 13.2 Å². The number of hydrogen-bond acceptors (Lipinski definition) is 6. The average Bonchev–Trinajstić information content (AvgIpc) is 3.40. The van der Waals surface area contributed by atoms with E-state index in [1.165, 1.54) is 231 Å². The molecular formula is C68H126O6. The van der Waals surface area contributed by atoms with Crippen LogP contribution in [0, 0.1) is 0 Å². The molecule has 0 aliphatic rings. The predicted molar refractivity (Wildman–Crippen MR) is 321 cm³/mol. The van der Waals surface area contributed by atoms with Gasteiger partial charge < -0.3 is 14.2 Å². The Bertz CT molecular complexity index is 1240. The zero-order chi connectivity index (χ0) is 53.6. The van der Waals surface area contributed by atoms with Crippen LogP contribution in [0.1, 0.15) is 361 Å². The number of ether oxygens (including phenoxy) is 3. The van der Waals surface area contributed by atoms with E-state index >= 15 is 0 Å². The van der Waals surface area contributed by atoms with E-state index in [4.69, 9.17) is 14.2 Å². The predicted octanol–water partition coefficient (Wildman–Crippen LogP) is 22.4. The fraction of sp³-hybridized carbons (Fsp3) is 0.868. The summed E-state index contributed by atoms with van der Waals surface area (Å²) in [6, 6.07) is 0. The molecule has 0 saturated carbocycles.